The molecule has 0 aliphatic rings. The Morgan fingerprint density at radius 2 is 1.75 bits per heavy atom. The zero-order chi connectivity index (χ0) is 17.9. The Morgan fingerprint density at radius 3 is 2.29 bits per heavy atom. The van der Waals surface area contributed by atoms with Gasteiger partial charge in [-0.15, -0.1) is 0 Å². The van der Waals surface area contributed by atoms with E-state index in [4.69, 9.17) is 32.7 Å². The summed E-state index contributed by atoms with van der Waals surface area (Å²) in [4.78, 5) is 0. The van der Waals surface area contributed by atoms with E-state index in [1.807, 2.05) is 26.0 Å². The molecule has 0 atom stereocenters. The van der Waals surface area contributed by atoms with E-state index in [1.54, 1.807) is 19.2 Å². The largest absolute Gasteiger partial charge is 0.505 e. The van der Waals surface area contributed by atoms with Crippen LogP contribution in [-0.2, 0) is 6.54 Å². The Bertz CT molecular complexity index is 715. The average Bonchev–Trinajstić information content (AvgIpc) is 2.51. The van der Waals surface area contributed by atoms with Crippen molar-refractivity contribution in [3.8, 4) is 17.2 Å². The van der Waals surface area contributed by atoms with Crippen molar-refractivity contribution in [3.05, 3.63) is 44.3 Å². The fraction of sp³-hybridized carbons (Fsp3) is 0.294. The molecule has 0 aliphatic carbocycles. The zero-order valence-electron chi connectivity index (χ0n) is 13.5. The molecule has 2 aromatic carbocycles. The lowest BCUT2D eigenvalue weighted by Crippen LogP contribution is -2.08. The van der Waals surface area contributed by atoms with Gasteiger partial charge in [-0.05, 0) is 43.7 Å². The summed E-state index contributed by atoms with van der Waals surface area (Å²) >= 11 is 15.4. The van der Waals surface area contributed by atoms with Gasteiger partial charge in [0.05, 0.1) is 23.3 Å². The minimum atomic E-state index is -0.123. The number of nitrogens with one attached hydrogen (secondary N) is 1. The van der Waals surface area contributed by atoms with Gasteiger partial charge in [-0.3, -0.25) is 0 Å². The Hall–Kier alpha value is -1.30. The third-order valence-corrected chi connectivity index (χ3v) is 4.51. The number of hydrogen-bond donors (Lipinski definition) is 2. The topological polar surface area (TPSA) is 50.7 Å². The first-order valence-electron chi connectivity index (χ1n) is 7.26. The van der Waals surface area contributed by atoms with Gasteiger partial charge in [-0.25, -0.2) is 0 Å². The fourth-order valence-electron chi connectivity index (χ4n) is 2.08. The number of rotatable bonds is 6. The van der Waals surface area contributed by atoms with E-state index in [-0.39, 0.29) is 21.9 Å². The maximum absolute atomic E-state index is 9.60. The van der Waals surface area contributed by atoms with Crippen LogP contribution in [0.1, 0.15) is 19.4 Å². The molecule has 130 valence electrons. The Balaban J connectivity index is 2.21. The van der Waals surface area contributed by atoms with Gasteiger partial charge in [0.25, 0.3) is 0 Å². The minimum absolute atomic E-state index is 0.0519. The van der Waals surface area contributed by atoms with Gasteiger partial charge in [0.15, 0.2) is 17.2 Å². The molecule has 0 amide bonds. The molecule has 0 aromatic heterocycles. The molecule has 0 aliphatic heterocycles. The average molecular weight is 435 g/mol. The molecule has 0 saturated carbocycles. The van der Waals surface area contributed by atoms with E-state index in [0.29, 0.717) is 23.7 Å². The van der Waals surface area contributed by atoms with Crippen molar-refractivity contribution in [3.63, 3.8) is 0 Å². The van der Waals surface area contributed by atoms with E-state index < -0.39 is 0 Å². The van der Waals surface area contributed by atoms with Crippen LogP contribution in [0.25, 0.3) is 0 Å². The molecule has 0 unspecified atom stereocenters. The highest BCUT2D eigenvalue weighted by molar-refractivity contribution is 9.10. The number of halogens is 3. The van der Waals surface area contributed by atoms with E-state index in [0.717, 1.165) is 10.0 Å². The van der Waals surface area contributed by atoms with E-state index in [2.05, 4.69) is 21.2 Å². The monoisotopic (exact) mass is 433 g/mol. The van der Waals surface area contributed by atoms with Crippen molar-refractivity contribution in [2.75, 3.05) is 12.4 Å². The van der Waals surface area contributed by atoms with Crippen LogP contribution in [0.2, 0.25) is 10.0 Å². The zero-order valence-corrected chi connectivity index (χ0v) is 16.6. The van der Waals surface area contributed by atoms with Crippen LogP contribution in [0.3, 0.4) is 0 Å². The second-order valence-electron chi connectivity index (χ2n) is 5.40. The molecule has 0 heterocycles. The lowest BCUT2D eigenvalue weighted by molar-refractivity contribution is 0.230. The van der Waals surface area contributed by atoms with Crippen LogP contribution < -0.4 is 14.8 Å². The summed E-state index contributed by atoms with van der Waals surface area (Å²) in [7, 11) is 1.60. The highest BCUT2D eigenvalue weighted by Crippen LogP contribution is 2.36. The highest BCUT2D eigenvalue weighted by Gasteiger charge is 2.12. The van der Waals surface area contributed by atoms with E-state index in [9.17, 15) is 5.11 Å². The summed E-state index contributed by atoms with van der Waals surface area (Å²) in [6, 6.07) is 7.01. The number of ether oxygens (including phenoxy) is 2. The lowest BCUT2D eigenvalue weighted by Gasteiger charge is -2.16. The summed E-state index contributed by atoms with van der Waals surface area (Å²) < 4.78 is 12.0. The maximum atomic E-state index is 9.60. The number of phenolic OH excluding ortho intramolecular Hbond substituents is 1. The molecule has 0 saturated heterocycles. The van der Waals surface area contributed by atoms with Gasteiger partial charge in [-0.2, -0.15) is 0 Å². The van der Waals surface area contributed by atoms with Crippen molar-refractivity contribution >= 4 is 44.8 Å². The predicted octanol–water partition coefficient (Wildman–Crippen LogP) is 5.87. The molecule has 0 bridgehead atoms. The van der Waals surface area contributed by atoms with Crippen molar-refractivity contribution in [2.45, 2.75) is 26.5 Å². The molecule has 0 fully saturated rings. The molecule has 0 radical (unpaired) electrons. The summed E-state index contributed by atoms with van der Waals surface area (Å²) in [6.45, 7) is 4.43. The normalized spacial score (nSPS) is 10.8. The Kier molecular flexibility index (Phi) is 6.49. The quantitative estimate of drug-likeness (QED) is 0.558. The Labute approximate surface area is 159 Å². The van der Waals surface area contributed by atoms with Gasteiger partial charge >= 0.3 is 0 Å². The molecular formula is C17H18BrCl2NO3. The molecule has 0 spiro atoms. The second kappa shape index (κ2) is 8.19. The first-order chi connectivity index (χ1) is 11.3. The van der Waals surface area contributed by atoms with Gasteiger partial charge in [0, 0.05) is 16.7 Å². The fourth-order valence-corrected chi connectivity index (χ4v) is 3.03. The number of aromatic hydroxyl groups is 1. The standard InChI is InChI=1S/C17H18BrCl2NO3/c1-9(2)24-16-7-12(18)10(4-15(16)23-3)8-21-11-5-13(19)17(22)14(20)6-11/h4-7,9,21-22H,8H2,1-3H3. The Morgan fingerprint density at radius 1 is 1.12 bits per heavy atom. The molecule has 4 nitrogen and oxygen atoms in total. The smallest absolute Gasteiger partial charge is 0.162 e. The van der Waals surface area contributed by atoms with Gasteiger partial charge in [0.2, 0.25) is 0 Å². The number of methoxy groups -OCH3 is 1. The number of phenols is 1. The summed E-state index contributed by atoms with van der Waals surface area (Å²) in [5.41, 5.74) is 1.68. The second-order valence-corrected chi connectivity index (χ2v) is 7.07. The number of benzene rings is 2. The molecule has 2 rings (SSSR count). The van der Waals surface area contributed by atoms with Crippen LogP contribution in [0.15, 0.2) is 28.7 Å². The molecular weight excluding hydrogens is 417 g/mol. The molecule has 7 heteroatoms. The first kappa shape index (κ1) is 19.0. The van der Waals surface area contributed by atoms with Crippen molar-refractivity contribution in [1.29, 1.82) is 0 Å². The highest BCUT2D eigenvalue weighted by atomic mass is 79.9. The van der Waals surface area contributed by atoms with Crippen LogP contribution >= 0.6 is 39.1 Å². The third kappa shape index (κ3) is 4.62. The summed E-state index contributed by atoms with van der Waals surface area (Å²) in [5.74, 6) is 1.21. The van der Waals surface area contributed by atoms with Gasteiger partial charge in [0.1, 0.15) is 0 Å². The minimum Gasteiger partial charge on any atom is -0.505 e. The predicted molar refractivity (Wildman–Crippen MR) is 102 cm³/mol. The lowest BCUT2D eigenvalue weighted by atomic mass is 10.2. The molecule has 2 N–H and O–H groups in total. The van der Waals surface area contributed by atoms with Gasteiger partial charge in [-0.1, -0.05) is 39.1 Å². The van der Waals surface area contributed by atoms with Crippen LogP contribution in [0.4, 0.5) is 5.69 Å². The van der Waals surface area contributed by atoms with E-state index in [1.165, 1.54) is 0 Å². The summed E-state index contributed by atoms with van der Waals surface area (Å²) in [5, 5.41) is 13.2. The van der Waals surface area contributed by atoms with E-state index >= 15 is 0 Å². The molecule has 24 heavy (non-hydrogen) atoms. The molecule has 2 aromatic rings. The SMILES string of the molecule is COc1cc(CNc2cc(Cl)c(O)c(Cl)c2)c(Br)cc1OC(C)C. The third-order valence-electron chi connectivity index (χ3n) is 3.20. The summed E-state index contributed by atoms with van der Waals surface area (Å²) in [6.07, 6.45) is 0.0519. The number of anilines is 1. The van der Waals surface area contributed by atoms with Crippen molar-refractivity contribution in [1.82, 2.24) is 0 Å². The van der Waals surface area contributed by atoms with Crippen molar-refractivity contribution < 1.29 is 14.6 Å². The maximum Gasteiger partial charge on any atom is 0.162 e. The van der Waals surface area contributed by atoms with Crippen LogP contribution in [0, 0.1) is 0 Å². The first-order valence-corrected chi connectivity index (χ1v) is 8.81. The van der Waals surface area contributed by atoms with Crippen LogP contribution in [0.5, 0.6) is 17.2 Å². The van der Waals surface area contributed by atoms with Crippen molar-refractivity contribution in [2.24, 2.45) is 0 Å². The number of hydrogen-bond acceptors (Lipinski definition) is 4. The van der Waals surface area contributed by atoms with Crippen LogP contribution in [-0.4, -0.2) is 18.3 Å². The van der Waals surface area contributed by atoms with Gasteiger partial charge < -0.3 is 19.9 Å².